The number of nitrogens with zero attached hydrogens (tertiary/aromatic N) is 2. The highest BCUT2D eigenvalue weighted by atomic mass is 79.9. The van der Waals surface area contributed by atoms with Crippen molar-refractivity contribution in [2.45, 2.75) is 33.2 Å². The van der Waals surface area contributed by atoms with E-state index in [-0.39, 0.29) is 17.8 Å². The summed E-state index contributed by atoms with van der Waals surface area (Å²) in [6, 6.07) is 10.4. The number of esters is 1. The Bertz CT molecular complexity index is 1070. The highest BCUT2D eigenvalue weighted by Gasteiger charge is 2.31. The van der Waals surface area contributed by atoms with Crippen molar-refractivity contribution in [3.05, 3.63) is 57.0 Å². The highest BCUT2D eigenvalue weighted by molar-refractivity contribution is 9.10. The predicted octanol–water partition coefficient (Wildman–Crippen LogP) is 5.24. The summed E-state index contributed by atoms with van der Waals surface area (Å²) in [7, 11) is 0. The van der Waals surface area contributed by atoms with E-state index >= 15 is 0 Å². The number of benzene rings is 1. The van der Waals surface area contributed by atoms with Gasteiger partial charge in [0.1, 0.15) is 5.69 Å². The Morgan fingerprint density at radius 1 is 1.27 bits per heavy atom. The van der Waals surface area contributed by atoms with Crippen molar-refractivity contribution in [1.29, 1.82) is 0 Å². The molecule has 2 aromatic heterocycles. The van der Waals surface area contributed by atoms with Crippen molar-refractivity contribution >= 4 is 49.4 Å². The second-order valence-electron chi connectivity index (χ2n) is 7.74. The number of fused-ring (bicyclic) bond motifs is 1. The monoisotopic (exact) mass is 488 g/mol. The Morgan fingerprint density at radius 3 is 2.77 bits per heavy atom. The van der Waals surface area contributed by atoms with Crippen LogP contribution in [-0.2, 0) is 16.1 Å². The fourth-order valence-corrected chi connectivity index (χ4v) is 5.72. The molecular weight excluding hydrogens is 464 g/mol. The summed E-state index contributed by atoms with van der Waals surface area (Å²) >= 11 is 5.28. The van der Waals surface area contributed by atoms with E-state index < -0.39 is 0 Å². The van der Waals surface area contributed by atoms with Gasteiger partial charge < -0.3 is 14.2 Å². The number of likely N-dealkylation sites (tertiary alicyclic amines) is 1. The average molecular weight is 489 g/mol. The quantitative estimate of drug-likeness (QED) is 0.461. The zero-order valence-corrected chi connectivity index (χ0v) is 19.6. The number of carbonyl (C=O) groups excluding carboxylic acids is 2. The molecule has 0 radical (unpaired) electrons. The van der Waals surface area contributed by atoms with Crippen LogP contribution in [0.2, 0.25) is 0 Å². The summed E-state index contributed by atoms with van der Waals surface area (Å²) in [5.74, 6) is -0.462. The third kappa shape index (κ3) is 4.18. The Kier molecular flexibility index (Phi) is 6.29. The number of ether oxygens (including phenoxy) is 1. The summed E-state index contributed by atoms with van der Waals surface area (Å²) in [6.45, 7) is 5.95. The third-order valence-corrected chi connectivity index (χ3v) is 7.41. The largest absolute Gasteiger partial charge is 0.466 e. The van der Waals surface area contributed by atoms with Crippen LogP contribution in [0.3, 0.4) is 0 Å². The van der Waals surface area contributed by atoms with E-state index in [9.17, 15) is 9.59 Å². The molecule has 1 atom stereocenters. The van der Waals surface area contributed by atoms with Gasteiger partial charge in [0.15, 0.2) is 0 Å². The van der Waals surface area contributed by atoms with Gasteiger partial charge in [-0.15, -0.1) is 11.3 Å². The Balaban J connectivity index is 1.65. The van der Waals surface area contributed by atoms with Crippen molar-refractivity contribution in [2.75, 3.05) is 19.7 Å². The molecule has 3 heterocycles. The van der Waals surface area contributed by atoms with Crippen LogP contribution >= 0.6 is 27.3 Å². The highest BCUT2D eigenvalue weighted by Crippen LogP contribution is 2.34. The molecule has 1 saturated heterocycles. The number of hydrogen-bond donors (Lipinski definition) is 0. The van der Waals surface area contributed by atoms with Gasteiger partial charge in [0, 0.05) is 25.0 Å². The molecular formula is C23H25BrN2O3S. The first-order valence-electron chi connectivity index (χ1n) is 10.3. The van der Waals surface area contributed by atoms with Crippen LogP contribution in [0.5, 0.6) is 0 Å². The molecule has 1 aromatic carbocycles. The van der Waals surface area contributed by atoms with Crippen molar-refractivity contribution in [2.24, 2.45) is 5.92 Å². The van der Waals surface area contributed by atoms with Crippen LogP contribution in [0.4, 0.5) is 0 Å². The van der Waals surface area contributed by atoms with Gasteiger partial charge in [-0.2, -0.15) is 0 Å². The van der Waals surface area contributed by atoms with Crippen molar-refractivity contribution in [3.8, 4) is 0 Å². The van der Waals surface area contributed by atoms with Gasteiger partial charge in [-0.25, -0.2) is 0 Å². The van der Waals surface area contributed by atoms with Crippen molar-refractivity contribution < 1.29 is 14.3 Å². The topological polar surface area (TPSA) is 51.5 Å². The first-order valence-corrected chi connectivity index (χ1v) is 11.9. The lowest BCUT2D eigenvalue weighted by atomic mass is 9.98. The van der Waals surface area contributed by atoms with Crippen molar-refractivity contribution in [3.63, 3.8) is 0 Å². The lowest BCUT2D eigenvalue weighted by Crippen LogP contribution is -2.43. The number of aryl methyl sites for hydroxylation is 1. The van der Waals surface area contributed by atoms with Crippen LogP contribution in [0, 0.1) is 12.8 Å². The molecule has 1 fully saturated rings. The summed E-state index contributed by atoms with van der Waals surface area (Å²) in [4.78, 5) is 27.5. The molecule has 0 unspecified atom stereocenters. The Morgan fingerprint density at radius 2 is 2.03 bits per heavy atom. The minimum atomic E-state index is -0.240. The molecule has 4 rings (SSSR count). The molecule has 0 aliphatic carbocycles. The minimum absolute atomic E-state index is 0.0218. The summed E-state index contributed by atoms with van der Waals surface area (Å²) < 4.78 is 9.36. The smallest absolute Gasteiger partial charge is 0.310 e. The second-order valence-corrected chi connectivity index (χ2v) is 9.51. The zero-order chi connectivity index (χ0) is 21.3. The SMILES string of the molecule is CCOC(=O)[C@H]1CCCN(C(=O)c2cc3scc(Br)c3n2Cc2ccc(C)cc2)C1. The lowest BCUT2D eigenvalue weighted by molar-refractivity contribution is -0.149. The average Bonchev–Trinajstić information content (AvgIpc) is 3.29. The van der Waals surface area contributed by atoms with Crippen LogP contribution in [0.1, 0.15) is 41.4 Å². The molecule has 0 spiro atoms. The number of piperidine rings is 1. The van der Waals surface area contributed by atoms with E-state index in [2.05, 4.69) is 57.1 Å². The fraction of sp³-hybridized carbons (Fsp3) is 0.391. The third-order valence-electron chi connectivity index (χ3n) is 5.59. The maximum Gasteiger partial charge on any atom is 0.310 e. The second kappa shape index (κ2) is 8.94. The van der Waals surface area contributed by atoms with Gasteiger partial charge >= 0.3 is 5.97 Å². The first kappa shape index (κ1) is 21.1. The number of halogens is 1. The van der Waals surface area contributed by atoms with Crippen LogP contribution < -0.4 is 0 Å². The maximum absolute atomic E-state index is 13.5. The first-order chi connectivity index (χ1) is 14.5. The summed E-state index contributed by atoms with van der Waals surface area (Å²) in [6.07, 6.45) is 1.58. The molecule has 0 saturated carbocycles. The lowest BCUT2D eigenvalue weighted by Gasteiger charge is -2.31. The van der Waals surface area contributed by atoms with Crippen LogP contribution in [-0.4, -0.2) is 41.0 Å². The Labute approximate surface area is 188 Å². The number of hydrogen-bond acceptors (Lipinski definition) is 4. The molecule has 0 bridgehead atoms. The fourth-order valence-electron chi connectivity index (χ4n) is 4.02. The van der Waals surface area contributed by atoms with Crippen LogP contribution in [0.25, 0.3) is 10.2 Å². The summed E-state index contributed by atoms with van der Waals surface area (Å²) in [5, 5.41) is 2.06. The molecule has 1 amide bonds. The molecule has 0 N–H and O–H groups in total. The standard InChI is InChI=1S/C23H25BrN2O3S/c1-3-29-23(28)17-5-4-10-25(13-17)22(27)19-11-20-21(18(24)14-30-20)26(19)12-16-8-6-15(2)7-9-16/h6-9,11,14,17H,3-5,10,12-13H2,1-2H3/t17-/m0/s1. The van der Waals surface area contributed by atoms with Gasteiger partial charge in [0.05, 0.1) is 27.2 Å². The van der Waals surface area contributed by atoms with E-state index in [1.165, 1.54) is 5.56 Å². The van der Waals surface area contributed by atoms with Gasteiger partial charge in [-0.1, -0.05) is 29.8 Å². The normalized spacial score (nSPS) is 16.8. The van der Waals surface area contributed by atoms with Crippen LogP contribution in [0.15, 0.2) is 40.2 Å². The molecule has 1 aliphatic rings. The molecule has 3 aromatic rings. The molecule has 7 heteroatoms. The van der Waals surface area contributed by atoms with E-state index in [0.29, 0.717) is 31.9 Å². The number of amides is 1. The summed E-state index contributed by atoms with van der Waals surface area (Å²) in [5.41, 5.74) is 4.07. The maximum atomic E-state index is 13.5. The van der Waals surface area contributed by atoms with Gasteiger partial charge in [0.2, 0.25) is 0 Å². The number of aromatic nitrogens is 1. The number of rotatable bonds is 5. The Hall–Kier alpha value is -2.12. The van der Waals surface area contributed by atoms with Gasteiger partial charge in [0.25, 0.3) is 5.91 Å². The molecule has 30 heavy (non-hydrogen) atoms. The van der Waals surface area contributed by atoms with E-state index in [1.54, 1.807) is 11.3 Å². The zero-order valence-electron chi connectivity index (χ0n) is 17.2. The van der Waals surface area contributed by atoms with E-state index in [0.717, 1.165) is 33.1 Å². The predicted molar refractivity (Wildman–Crippen MR) is 123 cm³/mol. The van der Waals surface area contributed by atoms with E-state index in [1.807, 2.05) is 17.9 Å². The number of thiophene rings is 1. The van der Waals surface area contributed by atoms with Crippen molar-refractivity contribution in [1.82, 2.24) is 9.47 Å². The molecule has 1 aliphatic heterocycles. The molecule has 5 nitrogen and oxygen atoms in total. The number of carbonyl (C=O) groups is 2. The molecule has 158 valence electrons. The van der Waals surface area contributed by atoms with Gasteiger partial charge in [-0.3, -0.25) is 9.59 Å². The van der Waals surface area contributed by atoms with Gasteiger partial charge in [-0.05, 0) is 54.2 Å². The minimum Gasteiger partial charge on any atom is -0.466 e. The van der Waals surface area contributed by atoms with E-state index in [4.69, 9.17) is 4.74 Å².